The Morgan fingerprint density at radius 3 is 2.09 bits per heavy atom. The van der Waals surface area contributed by atoms with Gasteiger partial charge in [-0.05, 0) is 47.5 Å². The van der Waals surface area contributed by atoms with Gasteiger partial charge in [-0.25, -0.2) is 18.6 Å². The van der Waals surface area contributed by atoms with Gasteiger partial charge in [0.05, 0.1) is 30.3 Å². The molecule has 0 fully saturated rings. The maximum atomic E-state index is 12.3. The number of nitrogens with zero attached hydrogens (tertiary/aromatic N) is 2. The fourth-order valence-corrected chi connectivity index (χ4v) is 3.75. The lowest BCUT2D eigenvalue weighted by atomic mass is 10.1. The first-order chi connectivity index (χ1) is 15.2. The molecule has 0 heterocycles. The highest BCUT2D eigenvalue weighted by Gasteiger charge is 2.17. The molecule has 0 saturated heterocycles. The molecule has 0 radical (unpaired) electrons. The number of hydrazone groups is 1. The summed E-state index contributed by atoms with van der Waals surface area (Å²) in [6.45, 7) is 0.134. The molecule has 164 valence electrons. The Morgan fingerprint density at radius 2 is 1.53 bits per heavy atom. The number of benzene rings is 3. The maximum absolute atomic E-state index is 12.3. The summed E-state index contributed by atoms with van der Waals surface area (Å²) in [6, 6.07) is 21.4. The zero-order valence-corrected chi connectivity index (χ0v) is 18.0. The molecule has 0 saturated carbocycles. The van der Waals surface area contributed by atoms with Gasteiger partial charge in [0.15, 0.2) is 0 Å². The van der Waals surface area contributed by atoms with E-state index in [2.05, 4.69) is 10.5 Å². The quantitative estimate of drug-likeness (QED) is 0.403. The number of amides is 1. The number of carboxylic acids is 1. The van der Waals surface area contributed by atoms with Crippen LogP contribution in [0.1, 0.15) is 31.8 Å². The van der Waals surface area contributed by atoms with Crippen molar-refractivity contribution in [2.24, 2.45) is 5.10 Å². The first-order valence-electron chi connectivity index (χ1n) is 9.52. The number of para-hydroxylation sites is 1. The number of anilines is 1. The summed E-state index contributed by atoms with van der Waals surface area (Å²) in [5, 5.41) is 12.8. The second-order valence-corrected chi connectivity index (χ2v) is 8.84. The lowest BCUT2D eigenvalue weighted by Crippen LogP contribution is -2.29. The van der Waals surface area contributed by atoms with Crippen LogP contribution in [-0.4, -0.2) is 37.9 Å². The molecule has 9 heteroatoms. The third kappa shape index (κ3) is 6.02. The van der Waals surface area contributed by atoms with Gasteiger partial charge in [0.25, 0.3) is 5.91 Å². The molecule has 0 bridgehead atoms. The summed E-state index contributed by atoms with van der Waals surface area (Å²) in [4.78, 5) is 23.1. The van der Waals surface area contributed by atoms with Crippen LogP contribution in [0, 0.1) is 0 Å². The summed E-state index contributed by atoms with van der Waals surface area (Å²) in [6.07, 6.45) is 2.55. The minimum Gasteiger partial charge on any atom is -0.478 e. The zero-order chi connectivity index (χ0) is 23.1. The molecule has 32 heavy (non-hydrogen) atoms. The predicted molar refractivity (Wildman–Crippen MR) is 122 cm³/mol. The first-order valence-corrected chi connectivity index (χ1v) is 11.4. The van der Waals surface area contributed by atoms with E-state index in [9.17, 15) is 18.0 Å². The van der Waals surface area contributed by atoms with Crippen molar-refractivity contribution in [3.05, 3.63) is 101 Å². The van der Waals surface area contributed by atoms with E-state index in [1.165, 1.54) is 22.7 Å². The van der Waals surface area contributed by atoms with Gasteiger partial charge in [0, 0.05) is 5.56 Å². The van der Waals surface area contributed by atoms with E-state index in [4.69, 9.17) is 5.11 Å². The lowest BCUT2D eigenvalue weighted by Gasteiger charge is -2.22. The molecule has 8 nitrogen and oxygen atoms in total. The number of hydrogen-bond acceptors (Lipinski definition) is 5. The largest absolute Gasteiger partial charge is 0.478 e. The van der Waals surface area contributed by atoms with Crippen molar-refractivity contribution in [2.45, 2.75) is 6.54 Å². The van der Waals surface area contributed by atoms with Gasteiger partial charge in [-0.3, -0.25) is 9.10 Å². The molecule has 0 aliphatic heterocycles. The Bertz CT molecular complexity index is 1220. The second-order valence-electron chi connectivity index (χ2n) is 6.93. The van der Waals surface area contributed by atoms with Crippen molar-refractivity contribution in [3.63, 3.8) is 0 Å². The fourth-order valence-electron chi connectivity index (χ4n) is 2.86. The molecule has 0 aliphatic rings. The van der Waals surface area contributed by atoms with Crippen LogP contribution in [0.5, 0.6) is 0 Å². The predicted octanol–water partition coefficient (Wildman–Crippen LogP) is 3.11. The monoisotopic (exact) mass is 451 g/mol. The van der Waals surface area contributed by atoms with E-state index in [1.807, 2.05) is 6.07 Å². The molecule has 0 atom stereocenters. The highest BCUT2D eigenvalue weighted by Crippen LogP contribution is 2.20. The molecule has 3 rings (SSSR count). The van der Waals surface area contributed by atoms with E-state index < -0.39 is 21.9 Å². The Morgan fingerprint density at radius 1 is 0.938 bits per heavy atom. The summed E-state index contributed by atoms with van der Waals surface area (Å²) < 4.78 is 25.7. The average molecular weight is 452 g/mol. The molecule has 1 amide bonds. The first kappa shape index (κ1) is 22.7. The number of nitrogens with one attached hydrogen (secondary N) is 1. The van der Waals surface area contributed by atoms with Gasteiger partial charge in [-0.15, -0.1) is 0 Å². The van der Waals surface area contributed by atoms with Crippen LogP contribution in [-0.2, 0) is 16.6 Å². The van der Waals surface area contributed by atoms with Gasteiger partial charge in [-0.2, -0.15) is 5.10 Å². The summed E-state index contributed by atoms with van der Waals surface area (Å²) >= 11 is 0. The number of aromatic carboxylic acids is 1. The van der Waals surface area contributed by atoms with Crippen LogP contribution in [0.15, 0.2) is 84.0 Å². The van der Waals surface area contributed by atoms with Crippen LogP contribution >= 0.6 is 0 Å². The second kappa shape index (κ2) is 9.88. The van der Waals surface area contributed by atoms with Crippen molar-refractivity contribution >= 4 is 33.8 Å². The number of sulfonamides is 1. The number of hydrogen-bond donors (Lipinski definition) is 2. The number of carbonyl (C=O) groups excluding carboxylic acids is 1. The van der Waals surface area contributed by atoms with Crippen LogP contribution in [0.2, 0.25) is 0 Å². The molecule has 3 aromatic carbocycles. The standard InChI is InChI=1S/C23H21N3O5S/c1-32(30,31)26(21-5-3-2-4-6-21)16-18-9-11-19(12-10-18)22(27)25-24-15-17-7-13-20(14-8-17)23(28)29/h2-15H,16H2,1H3,(H,25,27)(H,28,29)/b24-15+. The minimum atomic E-state index is -3.49. The third-order valence-electron chi connectivity index (χ3n) is 4.52. The molecule has 2 N–H and O–H groups in total. The van der Waals surface area contributed by atoms with Crippen LogP contribution in [0.4, 0.5) is 5.69 Å². The van der Waals surface area contributed by atoms with E-state index in [1.54, 1.807) is 60.7 Å². The SMILES string of the molecule is CS(=O)(=O)N(Cc1ccc(C(=O)N/N=C/c2ccc(C(=O)O)cc2)cc1)c1ccccc1. The average Bonchev–Trinajstić information content (AvgIpc) is 2.78. The van der Waals surface area contributed by atoms with Gasteiger partial charge in [-0.1, -0.05) is 42.5 Å². The third-order valence-corrected chi connectivity index (χ3v) is 5.66. The molecular formula is C23H21N3O5S. The maximum Gasteiger partial charge on any atom is 0.335 e. The normalized spacial score (nSPS) is 11.3. The van der Waals surface area contributed by atoms with E-state index in [0.717, 1.165) is 11.8 Å². The minimum absolute atomic E-state index is 0.134. The lowest BCUT2D eigenvalue weighted by molar-refractivity contribution is 0.0696. The van der Waals surface area contributed by atoms with Crippen molar-refractivity contribution in [3.8, 4) is 0 Å². The van der Waals surface area contributed by atoms with Crippen LogP contribution in [0.25, 0.3) is 0 Å². The molecule has 3 aromatic rings. The topological polar surface area (TPSA) is 116 Å². The van der Waals surface area contributed by atoms with E-state index in [-0.39, 0.29) is 12.1 Å². The zero-order valence-electron chi connectivity index (χ0n) is 17.2. The van der Waals surface area contributed by atoms with Crippen molar-refractivity contribution in [1.29, 1.82) is 0 Å². The Kier molecular flexibility index (Phi) is 7.01. The molecule has 0 unspecified atom stereocenters. The van der Waals surface area contributed by atoms with E-state index >= 15 is 0 Å². The number of rotatable bonds is 8. The molecule has 0 aromatic heterocycles. The number of carboxylic acid groups (broad SMARTS) is 1. The highest BCUT2D eigenvalue weighted by atomic mass is 32.2. The molecular weight excluding hydrogens is 430 g/mol. The van der Waals surface area contributed by atoms with Gasteiger partial charge in [0.2, 0.25) is 10.0 Å². The Balaban J connectivity index is 1.64. The summed E-state index contributed by atoms with van der Waals surface area (Å²) in [5.41, 5.74) is 4.83. The van der Waals surface area contributed by atoms with Gasteiger partial charge < -0.3 is 5.11 Å². The van der Waals surface area contributed by atoms with Crippen molar-refractivity contribution in [2.75, 3.05) is 10.6 Å². The Hall–Kier alpha value is -3.98. The molecule has 0 aliphatic carbocycles. The van der Waals surface area contributed by atoms with E-state index in [0.29, 0.717) is 16.8 Å². The summed E-state index contributed by atoms with van der Waals surface area (Å²) in [7, 11) is -3.49. The van der Waals surface area contributed by atoms with Crippen LogP contribution in [0.3, 0.4) is 0 Å². The summed E-state index contributed by atoms with van der Waals surface area (Å²) in [5.74, 6) is -1.45. The van der Waals surface area contributed by atoms with Gasteiger partial charge in [0.1, 0.15) is 0 Å². The van der Waals surface area contributed by atoms with Crippen molar-refractivity contribution < 1.29 is 23.1 Å². The van der Waals surface area contributed by atoms with Crippen molar-refractivity contribution in [1.82, 2.24) is 5.43 Å². The van der Waals surface area contributed by atoms with Gasteiger partial charge >= 0.3 is 5.97 Å². The molecule has 0 spiro atoms. The van der Waals surface area contributed by atoms with Crippen LogP contribution < -0.4 is 9.73 Å². The Labute approximate surface area is 185 Å². The number of carbonyl (C=O) groups is 2. The highest BCUT2D eigenvalue weighted by molar-refractivity contribution is 7.92. The smallest absolute Gasteiger partial charge is 0.335 e. The fraction of sp³-hybridized carbons (Fsp3) is 0.0870.